The molecule has 0 bridgehead atoms. The molecule has 0 aliphatic heterocycles. The Hall–Kier alpha value is -2.18. The van der Waals surface area contributed by atoms with Gasteiger partial charge >= 0.3 is 155 Å². The van der Waals surface area contributed by atoms with Crippen molar-refractivity contribution in [1.82, 2.24) is 4.98 Å². The second-order valence-corrected chi connectivity index (χ2v) is 10.4. The third-order valence-corrected chi connectivity index (χ3v) is 9.82. The van der Waals surface area contributed by atoms with Crippen LogP contribution in [0.2, 0.25) is 0 Å². The van der Waals surface area contributed by atoms with E-state index in [1.807, 2.05) is 12.3 Å². The zero-order chi connectivity index (χ0) is 17.7. The molecule has 0 amide bonds. The standard InChI is InChI=1S/C24H22NP.2ClH/c1-4-13-22(14-5-1)26(23-15-6-2-7-16-23,24-17-8-3-9-18-24)20-21-12-10-11-19-25-21;;/h1-19,26H,20H2;2*1H. The van der Waals surface area contributed by atoms with Crippen LogP contribution in [0.25, 0.3) is 0 Å². The topological polar surface area (TPSA) is 12.9 Å². The van der Waals surface area contributed by atoms with Crippen molar-refractivity contribution in [2.24, 2.45) is 0 Å². The summed E-state index contributed by atoms with van der Waals surface area (Å²) >= 11 is 0. The molecule has 1 heterocycles. The first-order valence-electron chi connectivity index (χ1n) is 8.96. The summed E-state index contributed by atoms with van der Waals surface area (Å²) in [6.45, 7) is 0. The van der Waals surface area contributed by atoms with Gasteiger partial charge in [0.1, 0.15) is 0 Å². The molecule has 0 spiro atoms. The van der Waals surface area contributed by atoms with E-state index >= 15 is 0 Å². The first-order valence-corrected chi connectivity index (χ1v) is 11.2. The van der Waals surface area contributed by atoms with Gasteiger partial charge in [0, 0.05) is 0 Å². The Bertz CT molecular complexity index is 852. The van der Waals surface area contributed by atoms with E-state index in [2.05, 4.69) is 108 Å². The molecule has 4 aromatic rings. The van der Waals surface area contributed by atoms with Gasteiger partial charge in [-0.3, -0.25) is 0 Å². The zero-order valence-electron chi connectivity index (χ0n) is 15.4. The average molecular weight is 428 g/mol. The van der Waals surface area contributed by atoms with Crippen molar-refractivity contribution in [3.63, 3.8) is 0 Å². The van der Waals surface area contributed by atoms with Crippen molar-refractivity contribution in [2.45, 2.75) is 6.16 Å². The van der Waals surface area contributed by atoms with Crippen LogP contribution in [0.5, 0.6) is 0 Å². The fraction of sp³-hybridized carbons (Fsp3) is 0.0417. The molecule has 1 nitrogen and oxygen atoms in total. The summed E-state index contributed by atoms with van der Waals surface area (Å²) in [5, 5.41) is 4.26. The molecule has 0 fully saturated rings. The molecule has 0 saturated carbocycles. The minimum atomic E-state index is -2.23. The van der Waals surface area contributed by atoms with Crippen molar-refractivity contribution in [3.8, 4) is 0 Å². The molecule has 144 valence electrons. The number of halogens is 2. The predicted molar refractivity (Wildman–Crippen MR) is 129 cm³/mol. The van der Waals surface area contributed by atoms with Crippen LogP contribution in [0.15, 0.2) is 115 Å². The van der Waals surface area contributed by atoms with E-state index in [0.717, 1.165) is 11.9 Å². The van der Waals surface area contributed by atoms with Crippen molar-refractivity contribution < 1.29 is 0 Å². The molecule has 0 radical (unpaired) electrons. The molecule has 0 aliphatic carbocycles. The predicted octanol–water partition coefficient (Wildman–Crippen LogP) is 5.15. The van der Waals surface area contributed by atoms with Crippen LogP contribution >= 0.6 is 32.1 Å². The summed E-state index contributed by atoms with van der Waals surface area (Å²) in [6.07, 6.45) is 2.85. The van der Waals surface area contributed by atoms with Gasteiger partial charge in [-0.2, -0.15) is 0 Å². The molecule has 0 saturated heterocycles. The van der Waals surface area contributed by atoms with Crippen molar-refractivity contribution in [1.29, 1.82) is 0 Å². The SMILES string of the molecule is Cl.Cl.c1ccc([PH](Cc2ccccn2)(c2ccccc2)c2ccccc2)cc1. The third kappa shape index (κ3) is 4.45. The summed E-state index contributed by atoms with van der Waals surface area (Å²) in [5.41, 5.74) is 1.15. The van der Waals surface area contributed by atoms with Gasteiger partial charge in [0.15, 0.2) is 0 Å². The van der Waals surface area contributed by atoms with Crippen LogP contribution in [0.1, 0.15) is 5.69 Å². The van der Waals surface area contributed by atoms with E-state index in [1.54, 1.807) is 0 Å². The van der Waals surface area contributed by atoms with Gasteiger partial charge in [-0.05, 0) is 0 Å². The van der Waals surface area contributed by atoms with E-state index in [0.29, 0.717) is 0 Å². The van der Waals surface area contributed by atoms with Crippen LogP contribution in [0.3, 0.4) is 0 Å². The van der Waals surface area contributed by atoms with Gasteiger partial charge in [0.05, 0.1) is 0 Å². The summed E-state index contributed by atoms with van der Waals surface area (Å²) in [7, 11) is -2.23. The number of benzene rings is 3. The molecule has 3 aromatic carbocycles. The molecule has 0 unspecified atom stereocenters. The summed E-state index contributed by atoms with van der Waals surface area (Å²) < 4.78 is 0. The third-order valence-electron chi connectivity index (χ3n) is 4.97. The van der Waals surface area contributed by atoms with Crippen LogP contribution in [-0.2, 0) is 6.16 Å². The first-order chi connectivity index (χ1) is 12.9. The van der Waals surface area contributed by atoms with Crippen LogP contribution in [0, 0.1) is 0 Å². The molecule has 4 rings (SSSR count). The number of nitrogens with zero attached hydrogens (tertiary/aromatic N) is 1. The van der Waals surface area contributed by atoms with Gasteiger partial charge in [0.2, 0.25) is 0 Å². The Morgan fingerprint density at radius 2 is 0.893 bits per heavy atom. The van der Waals surface area contributed by atoms with Crippen LogP contribution in [-0.4, -0.2) is 4.98 Å². The molecule has 4 heteroatoms. The van der Waals surface area contributed by atoms with Gasteiger partial charge in [-0.25, -0.2) is 0 Å². The maximum atomic E-state index is 4.67. The van der Waals surface area contributed by atoms with E-state index in [4.69, 9.17) is 0 Å². The second kappa shape index (κ2) is 10.4. The van der Waals surface area contributed by atoms with Crippen molar-refractivity contribution >= 4 is 48.0 Å². The fourth-order valence-corrected chi connectivity index (χ4v) is 8.40. The maximum absolute atomic E-state index is 4.67. The monoisotopic (exact) mass is 427 g/mol. The Morgan fingerprint density at radius 3 is 1.25 bits per heavy atom. The summed E-state index contributed by atoms with van der Waals surface area (Å²) in [4.78, 5) is 4.67. The fourth-order valence-electron chi connectivity index (χ4n) is 3.75. The van der Waals surface area contributed by atoms with Gasteiger partial charge in [-0.1, -0.05) is 0 Å². The minimum absolute atomic E-state index is 0. The van der Waals surface area contributed by atoms with Gasteiger partial charge < -0.3 is 0 Å². The van der Waals surface area contributed by atoms with E-state index in [-0.39, 0.29) is 24.8 Å². The molecule has 0 aliphatic rings. The molecule has 28 heavy (non-hydrogen) atoms. The Balaban J connectivity index is 0.00000140. The first kappa shape index (κ1) is 22.1. The molecule has 0 N–H and O–H groups in total. The molecular formula is C24H24Cl2NP. The molecular weight excluding hydrogens is 404 g/mol. The van der Waals surface area contributed by atoms with Gasteiger partial charge in [0.25, 0.3) is 0 Å². The van der Waals surface area contributed by atoms with E-state index in [9.17, 15) is 0 Å². The Labute approximate surface area is 180 Å². The summed E-state index contributed by atoms with van der Waals surface area (Å²) in [6, 6.07) is 39.2. The van der Waals surface area contributed by atoms with Gasteiger partial charge in [-0.15, -0.1) is 24.8 Å². The average Bonchev–Trinajstić information content (AvgIpc) is 2.75. The number of rotatable bonds is 5. The van der Waals surface area contributed by atoms with E-state index in [1.165, 1.54) is 15.9 Å². The Morgan fingerprint density at radius 1 is 0.500 bits per heavy atom. The second-order valence-electron chi connectivity index (χ2n) is 6.50. The zero-order valence-corrected chi connectivity index (χ0v) is 18.1. The number of pyridine rings is 1. The number of hydrogen-bond acceptors (Lipinski definition) is 1. The van der Waals surface area contributed by atoms with Crippen molar-refractivity contribution in [3.05, 3.63) is 121 Å². The van der Waals surface area contributed by atoms with E-state index < -0.39 is 7.26 Å². The summed E-state index contributed by atoms with van der Waals surface area (Å²) in [5.74, 6) is 0. The molecule has 1 aromatic heterocycles. The normalized spacial score (nSPS) is 11.0. The molecule has 0 atom stereocenters. The van der Waals surface area contributed by atoms with Crippen LogP contribution < -0.4 is 15.9 Å². The van der Waals surface area contributed by atoms with Crippen molar-refractivity contribution in [2.75, 3.05) is 0 Å². The van der Waals surface area contributed by atoms with Crippen LogP contribution in [0.4, 0.5) is 0 Å². The number of aromatic nitrogens is 1. The number of hydrogen-bond donors (Lipinski definition) is 0. The quantitative estimate of drug-likeness (QED) is 0.401. The Kier molecular flexibility index (Phi) is 8.20.